The summed E-state index contributed by atoms with van der Waals surface area (Å²) in [5, 5.41) is 9.15. The number of amides is 1. The van der Waals surface area contributed by atoms with Gasteiger partial charge in [-0.2, -0.15) is 5.26 Å². The topological polar surface area (TPSA) is 107 Å². The van der Waals surface area contributed by atoms with Gasteiger partial charge in [0, 0.05) is 13.1 Å². The lowest BCUT2D eigenvalue weighted by Crippen LogP contribution is -2.48. The number of hydrogen-bond acceptors (Lipinski definition) is 7. The third-order valence-corrected chi connectivity index (χ3v) is 7.41. The summed E-state index contributed by atoms with van der Waals surface area (Å²) in [6.45, 7) is 8.22. The highest BCUT2D eigenvalue weighted by Gasteiger charge is 2.45. The SMILES string of the molecule is Cc1ccc(F)c(Oc2ccc3ncn([C@H]4COC5(CCN(C(=O)OC(C)(C)C)CC5)C4)c(=O)c3c2F)c1C#N. The van der Waals surface area contributed by atoms with E-state index in [1.807, 2.05) is 26.8 Å². The van der Waals surface area contributed by atoms with Crippen LogP contribution < -0.4 is 10.3 Å². The summed E-state index contributed by atoms with van der Waals surface area (Å²) in [4.78, 5) is 31.9. The number of halogens is 2. The summed E-state index contributed by atoms with van der Waals surface area (Å²) >= 11 is 0. The summed E-state index contributed by atoms with van der Waals surface area (Å²) in [5.41, 5.74) is -1.19. The van der Waals surface area contributed by atoms with Crippen LogP contribution in [0.2, 0.25) is 0 Å². The van der Waals surface area contributed by atoms with Gasteiger partial charge >= 0.3 is 6.09 Å². The molecule has 1 spiro atoms. The first-order valence-corrected chi connectivity index (χ1v) is 13.1. The van der Waals surface area contributed by atoms with Crippen molar-refractivity contribution in [3.05, 3.63) is 63.7 Å². The summed E-state index contributed by atoms with van der Waals surface area (Å²) in [6.07, 6.45) is 2.66. The number of carbonyl (C=O) groups is 1. The Hall–Kier alpha value is -4.04. The summed E-state index contributed by atoms with van der Waals surface area (Å²) in [6, 6.07) is 6.72. The highest BCUT2D eigenvalue weighted by Crippen LogP contribution is 2.41. The van der Waals surface area contributed by atoms with Crippen LogP contribution in [-0.2, 0) is 9.47 Å². The molecule has 2 fully saturated rings. The third kappa shape index (κ3) is 5.11. The van der Waals surface area contributed by atoms with Crippen LogP contribution in [-0.4, -0.2) is 51.4 Å². The van der Waals surface area contributed by atoms with Gasteiger partial charge in [0.05, 0.1) is 30.1 Å². The van der Waals surface area contributed by atoms with Gasteiger partial charge in [0.2, 0.25) is 0 Å². The number of nitrogens with zero attached hydrogens (tertiary/aromatic N) is 4. The lowest BCUT2D eigenvalue weighted by atomic mass is 9.87. The van der Waals surface area contributed by atoms with Crippen molar-refractivity contribution in [3.8, 4) is 17.6 Å². The van der Waals surface area contributed by atoms with Crippen molar-refractivity contribution in [1.82, 2.24) is 14.5 Å². The van der Waals surface area contributed by atoms with Gasteiger partial charge in [0.1, 0.15) is 22.6 Å². The molecule has 5 rings (SSSR count). The molecule has 9 nitrogen and oxygen atoms in total. The first kappa shape index (κ1) is 27.5. The highest BCUT2D eigenvalue weighted by molar-refractivity contribution is 5.80. The average Bonchev–Trinajstić information content (AvgIpc) is 3.30. The number of aryl methyl sites for hydroxylation is 1. The first-order chi connectivity index (χ1) is 18.9. The number of piperidine rings is 1. The van der Waals surface area contributed by atoms with Crippen LogP contribution in [0.4, 0.5) is 13.6 Å². The van der Waals surface area contributed by atoms with Crippen molar-refractivity contribution in [2.24, 2.45) is 0 Å². The van der Waals surface area contributed by atoms with E-state index in [1.54, 1.807) is 11.8 Å². The second-order valence-corrected chi connectivity index (χ2v) is 11.3. The van der Waals surface area contributed by atoms with Gasteiger partial charge in [0.25, 0.3) is 5.56 Å². The minimum Gasteiger partial charge on any atom is -0.450 e. The number of rotatable bonds is 3. The molecule has 1 atom stereocenters. The largest absolute Gasteiger partial charge is 0.450 e. The number of aromatic nitrogens is 2. The lowest BCUT2D eigenvalue weighted by molar-refractivity contribution is -0.0486. The fraction of sp³-hybridized carbons (Fsp3) is 0.448. The maximum Gasteiger partial charge on any atom is 0.410 e. The van der Waals surface area contributed by atoms with E-state index in [0.717, 1.165) is 6.07 Å². The Kier molecular flexibility index (Phi) is 7.00. The molecule has 0 N–H and O–H groups in total. The average molecular weight is 553 g/mol. The minimum absolute atomic E-state index is 0.0609. The fourth-order valence-corrected chi connectivity index (χ4v) is 5.28. The highest BCUT2D eigenvalue weighted by atomic mass is 19.1. The lowest BCUT2D eigenvalue weighted by Gasteiger charge is -2.39. The monoisotopic (exact) mass is 552 g/mol. The molecule has 2 saturated heterocycles. The molecule has 1 aromatic heterocycles. The van der Waals surface area contributed by atoms with E-state index in [2.05, 4.69) is 4.98 Å². The standard InChI is InChI=1S/C29H30F2N4O5/c1-17-5-6-20(30)25(19(17)14-32)39-22-8-7-21-23(24(22)31)26(36)35(16-33-21)18-13-29(38-15-18)9-11-34(12-10-29)27(37)40-28(2,3)4/h5-8,16,18H,9-13,15H2,1-4H3/t18-/m1/s1. The molecule has 40 heavy (non-hydrogen) atoms. The molecule has 0 saturated carbocycles. The van der Waals surface area contributed by atoms with E-state index in [4.69, 9.17) is 14.2 Å². The van der Waals surface area contributed by atoms with Gasteiger partial charge < -0.3 is 19.1 Å². The number of benzene rings is 2. The van der Waals surface area contributed by atoms with Crippen LogP contribution in [0.5, 0.6) is 11.5 Å². The summed E-state index contributed by atoms with van der Waals surface area (Å²) in [5.74, 6) is -2.61. The minimum atomic E-state index is -0.992. The molecule has 0 bridgehead atoms. The third-order valence-electron chi connectivity index (χ3n) is 7.41. The molecular formula is C29H30F2N4O5. The Morgan fingerprint density at radius 1 is 1.20 bits per heavy atom. The Bertz CT molecular complexity index is 1580. The fourth-order valence-electron chi connectivity index (χ4n) is 5.28. The van der Waals surface area contributed by atoms with E-state index >= 15 is 4.39 Å². The smallest absolute Gasteiger partial charge is 0.410 e. The number of likely N-dealkylation sites (tertiary alicyclic amines) is 1. The number of hydrogen-bond donors (Lipinski definition) is 0. The van der Waals surface area contributed by atoms with E-state index < -0.39 is 34.1 Å². The molecular weight excluding hydrogens is 522 g/mol. The number of fused-ring (bicyclic) bond motifs is 1. The van der Waals surface area contributed by atoms with Crippen molar-refractivity contribution >= 4 is 17.0 Å². The molecule has 3 aromatic rings. The Morgan fingerprint density at radius 2 is 1.93 bits per heavy atom. The van der Waals surface area contributed by atoms with Crippen LogP contribution >= 0.6 is 0 Å². The first-order valence-electron chi connectivity index (χ1n) is 13.1. The van der Waals surface area contributed by atoms with Crippen LogP contribution in [0.1, 0.15) is 57.2 Å². The van der Waals surface area contributed by atoms with E-state index in [9.17, 15) is 19.2 Å². The molecule has 0 radical (unpaired) electrons. The molecule has 210 valence electrons. The Labute approximate surface area is 229 Å². The van der Waals surface area contributed by atoms with Crippen LogP contribution in [0, 0.1) is 29.9 Å². The number of ether oxygens (including phenoxy) is 3. The molecule has 2 aliphatic heterocycles. The molecule has 11 heteroatoms. The van der Waals surface area contributed by atoms with Gasteiger partial charge in [0.15, 0.2) is 23.1 Å². The van der Waals surface area contributed by atoms with Crippen molar-refractivity contribution in [2.75, 3.05) is 19.7 Å². The second kappa shape index (κ2) is 10.2. The predicted molar refractivity (Wildman–Crippen MR) is 141 cm³/mol. The quantitative estimate of drug-likeness (QED) is 0.430. The van der Waals surface area contributed by atoms with Crippen molar-refractivity contribution in [1.29, 1.82) is 5.26 Å². The van der Waals surface area contributed by atoms with Crippen LogP contribution in [0.15, 0.2) is 35.4 Å². The summed E-state index contributed by atoms with van der Waals surface area (Å²) < 4.78 is 48.7. The molecule has 3 heterocycles. The molecule has 2 aliphatic rings. The van der Waals surface area contributed by atoms with Crippen molar-refractivity contribution in [2.45, 2.75) is 64.2 Å². The number of nitriles is 1. The molecule has 0 aliphatic carbocycles. The van der Waals surface area contributed by atoms with Crippen molar-refractivity contribution < 1.29 is 27.8 Å². The van der Waals surface area contributed by atoms with Gasteiger partial charge in [-0.15, -0.1) is 0 Å². The normalized spacial score (nSPS) is 18.6. The maximum absolute atomic E-state index is 15.7. The van der Waals surface area contributed by atoms with E-state index in [-0.39, 0.29) is 41.0 Å². The van der Waals surface area contributed by atoms with Crippen molar-refractivity contribution in [3.63, 3.8) is 0 Å². The van der Waals surface area contributed by atoms with Crippen LogP contribution in [0.3, 0.4) is 0 Å². The van der Waals surface area contributed by atoms with Gasteiger partial charge in [-0.3, -0.25) is 9.36 Å². The Balaban J connectivity index is 1.38. The van der Waals surface area contributed by atoms with Gasteiger partial charge in [-0.05, 0) is 70.7 Å². The van der Waals surface area contributed by atoms with Crippen LogP contribution in [0.25, 0.3) is 10.9 Å². The Morgan fingerprint density at radius 3 is 2.60 bits per heavy atom. The maximum atomic E-state index is 15.7. The van der Waals surface area contributed by atoms with E-state index in [0.29, 0.717) is 37.9 Å². The molecule has 2 aromatic carbocycles. The van der Waals surface area contributed by atoms with Gasteiger partial charge in [-0.25, -0.2) is 18.6 Å². The summed E-state index contributed by atoms with van der Waals surface area (Å²) in [7, 11) is 0. The zero-order chi connectivity index (χ0) is 28.8. The predicted octanol–water partition coefficient (Wildman–Crippen LogP) is 5.38. The zero-order valence-corrected chi connectivity index (χ0v) is 22.8. The number of carbonyl (C=O) groups excluding carboxylic acids is 1. The molecule has 1 amide bonds. The molecule has 0 unspecified atom stereocenters. The van der Waals surface area contributed by atoms with E-state index in [1.165, 1.54) is 29.1 Å². The van der Waals surface area contributed by atoms with Gasteiger partial charge in [-0.1, -0.05) is 6.07 Å². The second-order valence-electron chi connectivity index (χ2n) is 11.3. The zero-order valence-electron chi connectivity index (χ0n) is 22.8.